The molecule has 3 nitrogen and oxygen atoms in total. The van der Waals surface area contributed by atoms with Crippen LogP contribution in [0.5, 0.6) is 5.75 Å². The Morgan fingerprint density at radius 1 is 1.26 bits per heavy atom. The van der Waals surface area contributed by atoms with E-state index in [1.165, 1.54) is 6.42 Å². The van der Waals surface area contributed by atoms with Gasteiger partial charge in [-0.15, -0.1) is 0 Å². The maximum Gasteiger partial charge on any atom is 0.139 e. The first kappa shape index (κ1) is 13.9. The SMILES string of the molecule is CC1CC(C)CC(Oc2cncc(C#CCN)c2)C1. The molecule has 3 heteroatoms. The molecule has 0 radical (unpaired) electrons. The fourth-order valence-corrected chi connectivity index (χ4v) is 2.87. The molecule has 0 bridgehead atoms. The van der Waals surface area contributed by atoms with Gasteiger partial charge in [-0.05, 0) is 37.2 Å². The van der Waals surface area contributed by atoms with Gasteiger partial charge in [-0.25, -0.2) is 0 Å². The van der Waals surface area contributed by atoms with Crippen LogP contribution in [0.1, 0.15) is 38.7 Å². The molecule has 0 spiro atoms. The number of aromatic nitrogens is 1. The average molecular weight is 258 g/mol. The first-order valence-electron chi connectivity index (χ1n) is 6.98. The third kappa shape index (κ3) is 4.25. The Bertz CT molecular complexity index is 465. The predicted molar refractivity (Wildman–Crippen MR) is 76.8 cm³/mol. The van der Waals surface area contributed by atoms with Crippen LogP contribution in [0.25, 0.3) is 0 Å². The van der Waals surface area contributed by atoms with E-state index in [2.05, 4.69) is 30.7 Å². The number of pyridine rings is 1. The van der Waals surface area contributed by atoms with Crippen molar-refractivity contribution in [2.45, 2.75) is 39.2 Å². The van der Waals surface area contributed by atoms with E-state index < -0.39 is 0 Å². The first-order valence-corrected chi connectivity index (χ1v) is 6.98. The Morgan fingerprint density at radius 3 is 2.68 bits per heavy atom. The molecule has 2 N–H and O–H groups in total. The number of rotatable bonds is 2. The molecule has 2 unspecified atom stereocenters. The van der Waals surface area contributed by atoms with Crippen LogP contribution in [-0.2, 0) is 0 Å². The van der Waals surface area contributed by atoms with Gasteiger partial charge in [0.25, 0.3) is 0 Å². The zero-order valence-electron chi connectivity index (χ0n) is 11.7. The molecule has 1 heterocycles. The summed E-state index contributed by atoms with van der Waals surface area (Å²) in [5, 5.41) is 0. The largest absolute Gasteiger partial charge is 0.489 e. The van der Waals surface area contributed by atoms with Crippen molar-refractivity contribution in [3.05, 3.63) is 24.0 Å². The topological polar surface area (TPSA) is 48.1 Å². The average Bonchev–Trinajstić information content (AvgIpc) is 2.35. The summed E-state index contributed by atoms with van der Waals surface area (Å²) >= 11 is 0. The second-order valence-electron chi connectivity index (χ2n) is 5.57. The van der Waals surface area contributed by atoms with Gasteiger partial charge in [0.2, 0.25) is 0 Å². The summed E-state index contributed by atoms with van der Waals surface area (Å²) in [6.45, 7) is 4.96. The predicted octanol–water partition coefficient (Wildman–Crippen LogP) is 2.60. The molecule has 1 aliphatic carbocycles. The lowest BCUT2D eigenvalue weighted by atomic mass is 9.82. The molecule has 1 aromatic heterocycles. The third-order valence-electron chi connectivity index (χ3n) is 3.49. The molecule has 1 aliphatic rings. The summed E-state index contributed by atoms with van der Waals surface area (Å²) in [7, 11) is 0. The number of nitrogens with two attached hydrogens (primary N) is 1. The number of ether oxygens (including phenoxy) is 1. The van der Waals surface area contributed by atoms with Crippen LogP contribution >= 0.6 is 0 Å². The molecular formula is C16H22N2O. The molecule has 102 valence electrons. The monoisotopic (exact) mass is 258 g/mol. The Kier molecular flexibility index (Phi) is 4.81. The highest BCUT2D eigenvalue weighted by atomic mass is 16.5. The first-order chi connectivity index (χ1) is 9.17. The molecule has 2 rings (SSSR count). The second kappa shape index (κ2) is 6.58. The van der Waals surface area contributed by atoms with E-state index in [4.69, 9.17) is 10.5 Å². The van der Waals surface area contributed by atoms with Gasteiger partial charge >= 0.3 is 0 Å². The van der Waals surface area contributed by atoms with E-state index in [1.807, 2.05) is 6.07 Å². The van der Waals surface area contributed by atoms with Crippen LogP contribution in [0.15, 0.2) is 18.5 Å². The quantitative estimate of drug-likeness (QED) is 0.829. The normalized spacial score (nSPS) is 26.4. The smallest absolute Gasteiger partial charge is 0.139 e. The Balaban J connectivity index is 2.02. The van der Waals surface area contributed by atoms with Crippen LogP contribution in [0.3, 0.4) is 0 Å². The molecule has 1 aromatic rings. The second-order valence-corrected chi connectivity index (χ2v) is 5.57. The number of nitrogens with zero attached hydrogens (tertiary/aromatic N) is 1. The van der Waals surface area contributed by atoms with Crippen LogP contribution in [0.2, 0.25) is 0 Å². The van der Waals surface area contributed by atoms with Crippen molar-refractivity contribution >= 4 is 0 Å². The minimum atomic E-state index is 0.304. The van der Waals surface area contributed by atoms with E-state index in [0.717, 1.165) is 36.0 Å². The van der Waals surface area contributed by atoms with Crippen molar-refractivity contribution in [3.63, 3.8) is 0 Å². The molecule has 19 heavy (non-hydrogen) atoms. The lowest BCUT2D eigenvalue weighted by molar-refractivity contribution is 0.101. The van der Waals surface area contributed by atoms with Crippen molar-refractivity contribution in [3.8, 4) is 17.6 Å². The molecule has 0 amide bonds. The maximum atomic E-state index is 6.06. The Hall–Kier alpha value is -1.53. The van der Waals surface area contributed by atoms with E-state index >= 15 is 0 Å². The highest BCUT2D eigenvalue weighted by Gasteiger charge is 2.25. The van der Waals surface area contributed by atoms with Gasteiger partial charge in [0.1, 0.15) is 5.75 Å². The van der Waals surface area contributed by atoms with Gasteiger partial charge in [0, 0.05) is 11.8 Å². The Labute approximate surface area is 115 Å². The summed E-state index contributed by atoms with van der Waals surface area (Å²) < 4.78 is 6.06. The number of hydrogen-bond acceptors (Lipinski definition) is 3. The molecule has 0 saturated heterocycles. The minimum absolute atomic E-state index is 0.304. The van der Waals surface area contributed by atoms with Crippen molar-refractivity contribution in [2.75, 3.05) is 6.54 Å². The molecular weight excluding hydrogens is 236 g/mol. The van der Waals surface area contributed by atoms with Crippen molar-refractivity contribution in [1.29, 1.82) is 0 Å². The summed E-state index contributed by atoms with van der Waals surface area (Å²) in [6.07, 6.45) is 7.36. The van der Waals surface area contributed by atoms with Crippen LogP contribution < -0.4 is 10.5 Å². The number of hydrogen-bond donors (Lipinski definition) is 1. The van der Waals surface area contributed by atoms with Crippen molar-refractivity contribution < 1.29 is 4.74 Å². The zero-order valence-corrected chi connectivity index (χ0v) is 11.7. The van der Waals surface area contributed by atoms with Crippen molar-refractivity contribution in [2.24, 2.45) is 17.6 Å². The van der Waals surface area contributed by atoms with Gasteiger partial charge in [-0.1, -0.05) is 25.7 Å². The van der Waals surface area contributed by atoms with Crippen LogP contribution in [-0.4, -0.2) is 17.6 Å². The molecule has 1 fully saturated rings. The minimum Gasteiger partial charge on any atom is -0.489 e. The summed E-state index contributed by atoms with van der Waals surface area (Å²) in [6, 6.07) is 1.94. The van der Waals surface area contributed by atoms with E-state index in [1.54, 1.807) is 12.4 Å². The van der Waals surface area contributed by atoms with Gasteiger partial charge in [-0.2, -0.15) is 0 Å². The summed E-state index contributed by atoms with van der Waals surface area (Å²) in [5.41, 5.74) is 6.23. The highest BCUT2D eigenvalue weighted by molar-refractivity contribution is 5.37. The fourth-order valence-electron chi connectivity index (χ4n) is 2.87. The fraction of sp³-hybridized carbons (Fsp3) is 0.562. The van der Waals surface area contributed by atoms with Gasteiger partial charge in [-0.3, -0.25) is 4.98 Å². The highest BCUT2D eigenvalue weighted by Crippen LogP contribution is 2.31. The van der Waals surface area contributed by atoms with E-state index in [0.29, 0.717) is 12.6 Å². The zero-order chi connectivity index (χ0) is 13.7. The Morgan fingerprint density at radius 2 is 2.00 bits per heavy atom. The summed E-state index contributed by atoms with van der Waals surface area (Å²) in [5.74, 6) is 8.10. The molecule has 1 saturated carbocycles. The van der Waals surface area contributed by atoms with Gasteiger partial charge in [0.05, 0.1) is 18.8 Å². The van der Waals surface area contributed by atoms with Crippen LogP contribution in [0.4, 0.5) is 0 Å². The van der Waals surface area contributed by atoms with Gasteiger partial charge in [0.15, 0.2) is 0 Å². The van der Waals surface area contributed by atoms with Crippen LogP contribution in [0, 0.1) is 23.7 Å². The van der Waals surface area contributed by atoms with E-state index in [9.17, 15) is 0 Å². The van der Waals surface area contributed by atoms with E-state index in [-0.39, 0.29) is 0 Å². The lowest BCUT2D eigenvalue weighted by Crippen LogP contribution is -2.28. The molecule has 2 atom stereocenters. The molecule has 0 aliphatic heterocycles. The van der Waals surface area contributed by atoms with Gasteiger partial charge < -0.3 is 10.5 Å². The maximum absolute atomic E-state index is 6.06. The summed E-state index contributed by atoms with van der Waals surface area (Å²) in [4.78, 5) is 4.17. The lowest BCUT2D eigenvalue weighted by Gasteiger charge is -2.31. The third-order valence-corrected chi connectivity index (χ3v) is 3.49. The standard InChI is InChI=1S/C16H22N2O/c1-12-6-13(2)8-15(7-12)19-16-9-14(4-3-5-17)10-18-11-16/h9-13,15H,5-8,17H2,1-2H3. The molecule has 0 aromatic carbocycles. The van der Waals surface area contributed by atoms with Crippen molar-refractivity contribution in [1.82, 2.24) is 4.98 Å².